The van der Waals surface area contributed by atoms with Gasteiger partial charge < -0.3 is 9.80 Å². The highest BCUT2D eigenvalue weighted by molar-refractivity contribution is 7.99. The molecule has 246 valence electrons. The number of piperazine rings is 2. The number of benzene rings is 2. The van der Waals surface area contributed by atoms with Crippen LogP contribution in [0.1, 0.15) is 38.3 Å². The van der Waals surface area contributed by atoms with Crippen LogP contribution in [0.15, 0.2) is 52.8 Å². The number of aryl methyl sites for hydroxylation is 2. The van der Waals surface area contributed by atoms with Crippen LogP contribution in [-0.4, -0.2) is 110 Å². The Morgan fingerprint density at radius 3 is 2.62 bits per heavy atom. The van der Waals surface area contributed by atoms with Gasteiger partial charge in [0.2, 0.25) is 5.91 Å². The second kappa shape index (κ2) is 11.8. The quantitative estimate of drug-likeness (QED) is 0.286. The van der Waals surface area contributed by atoms with E-state index in [0.717, 1.165) is 88.2 Å². The molecule has 2 aromatic carbocycles. The molecule has 47 heavy (non-hydrogen) atoms. The van der Waals surface area contributed by atoms with Crippen molar-refractivity contribution in [2.24, 2.45) is 7.05 Å². The molecule has 0 radical (unpaired) electrons. The molecule has 11 heteroatoms. The second-order valence-electron chi connectivity index (χ2n) is 14.0. The highest BCUT2D eigenvalue weighted by atomic mass is 32.2. The fourth-order valence-electron chi connectivity index (χ4n) is 8.24. The Kier molecular flexibility index (Phi) is 7.69. The lowest BCUT2D eigenvalue weighted by molar-refractivity contribution is -0.128. The van der Waals surface area contributed by atoms with E-state index >= 15 is 0 Å². The lowest BCUT2D eigenvalue weighted by Gasteiger charge is -2.45. The van der Waals surface area contributed by atoms with E-state index in [-0.39, 0.29) is 29.7 Å². The number of anilines is 1. The third-order valence-corrected chi connectivity index (χ3v) is 12.0. The van der Waals surface area contributed by atoms with Gasteiger partial charge in [0.05, 0.1) is 23.3 Å². The van der Waals surface area contributed by atoms with Crippen LogP contribution in [0.3, 0.4) is 0 Å². The van der Waals surface area contributed by atoms with Crippen molar-refractivity contribution >= 4 is 45.3 Å². The number of amides is 1. The molecule has 8 rings (SSSR count). The molecule has 0 unspecified atom stereocenters. The third-order valence-electron chi connectivity index (χ3n) is 10.8. The van der Waals surface area contributed by atoms with E-state index in [1.807, 2.05) is 39.2 Å². The number of para-hydroxylation sites is 1. The summed E-state index contributed by atoms with van der Waals surface area (Å²) in [4.78, 5) is 42.4. The largest absolute Gasteiger partial charge is 0.350 e. The summed E-state index contributed by atoms with van der Waals surface area (Å²) in [5.74, 6) is 1.48. The summed E-state index contributed by atoms with van der Waals surface area (Å²) in [5, 5.41) is 6.69. The second-order valence-corrected chi connectivity index (χ2v) is 15.0. The van der Waals surface area contributed by atoms with Gasteiger partial charge in [-0.2, -0.15) is 10.1 Å². The number of nitrogens with zero attached hydrogens (tertiary/aromatic N) is 8. The zero-order valence-electron chi connectivity index (χ0n) is 27.9. The maximum Gasteiger partial charge on any atom is 0.350 e. The van der Waals surface area contributed by atoms with Crippen molar-refractivity contribution in [2.45, 2.75) is 62.7 Å². The smallest absolute Gasteiger partial charge is 0.349 e. The first-order chi connectivity index (χ1) is 22.7. The number of aromatic nitrogens is 4. The van der Waals surface area contributed by atoms with E-state index in [1.54, 1.807) is 0 Å². The van der Waals surface area contributed by atoms with Gasteiger partial charge in [-0.1, -0.05) is 24.8 Å². The normalized spacial score (nSPS) is 24.0. The van der Waals surface area contributed by atoms with E-state index in [2.05, 4.69) is 71.4 Å². The SMILES string of the molecule is C=CC(=O)N1C[C@H](C)N(c2nc(=O)n3c4c(c(-c5cccc6cnn(C)c56)c(C)cc24)SC[C@@H]3CN2CCN(C3CC3)CC2)C[C@H]1C. The zero-order chi connectivity index (χ0) is 32.6. The van der Waals surface area contributed by atoms with Crippen LogP contribution in [0.5, 0.6) is 0 Å². The Bertz CT molecular complexity index is 1960. The number of hydrogen-bond donors (Lipinski definition) is 0. The molecule has 3 aliphatic heterocycles. The van der Waals surface area contributed by atoms with Crippen molar-refractivity contribution in [3.63, 3.8) is 0 Å². The third kappa shape index (κ3) is 5.18. The molecule has 3 fully saturated rings. The Labute approximate surface area is 280 Å². The number of thioether (sulfide) groups is 1. The predicted molar refractivity (Wildman–Crippen MR) is 189 cm³/mol. The molecule has 3 atom stereocenters. The number of hydrogen-bond acceptors (Lipinski definition) is 8. The molecule has 4 aromatic rings. The molecule has 0 spiro atoms. The minimum absolute atomic E-state index is 0.0122. The Balaban J connectivity index is 1.27. The first-order valence-corrected chi connectivity index (χ1v) is 18.0. The lowest BCUT2D eigenvalue weighted by Crippen LogP contribution is -2.58. The molecule has 0 bridgehead atoms. The van der Waals surface area contributed by atoms with E-state index in [1.165, 1.54) is 24.5 Å². The van der Waals surface area contributed by atoms with E-state index < -0.39 is 0 Å². The van der Waals surface area contributed by atoms with Gasteiger partial charge >= 0.3 is 5.69 Å². The van der Waals surface area contributed by atoms with Crippen molar-refractivity contribution in [1.29, 1.82) is 0 Å². The predicted octanol–water partition coefficient (Wildman–Crippen LogP) is 4.30. The number of carbonyl (C=O) groups is 1. The van der Waals surface area contributed by atoms with Crippen LogP contribution in [0.4, 0.5) is 5.82 Å². The van der Waals surface area contributed by atoms with Crippen molar-refractivity contribution < 1.29 is 4.79 Å². The molecule has 10 nitrogen and oxygen atoms in total. The van der Waals surface area contributed by atoms with Gasteiger partial charge in [-0.15, -0.1) is 11.8 Å². The first kappa shape index (κ1) is 30.7. The summed E-state index contributed by atoms with van der Waals surface area (Å²) in [6.45, 7) is 16.4. The topological polar surface area (TPSA) is 82.7 Å². The highest BCUT2D eigenvalue weighted by Crippen LogP contribution is 2.47. The summed E-state index contributed by atoms with van der Waals surface area (Å²) in [5.41, 5.74) is 5.35. The van der Waals surface area contributed by atoms with Crippen molar-refractivity contribution in [1.82, 2.24) is 34.0 Å². The fourth-order valence-corrected chi connectivity index (χ4v) is 9.61. The summed E-state index contributed by atoms with van der Waals surface area (Å²) >= 11 is 1.88. The summed E-state index contributed by atoms with van der Waals surface area (Å²) in [6, 6.07) is 9.41. The van der Waals surface area contributed by atoms with Crippen LogP contribution < -0.4 is 10.6 Å². The minimum atomic E-state index is -0.186. The van der Waals surface area contributed by atoms with Gasteiger partial charge in [0.1, 0.15) is 5.82 Å². The Hall–Kier alpha value is -3.67. The van der Waals surface area contributed by atoms with Gasteiger partial charge in [0, 0.05) is 104 Å². The summed E-state index contributed by atoms with van der Waals surface area (Å²) in [6.07, 6.45) is 5.99. The fraction of sp³-hybridized carbons (Fsp3) is 0.500. The molecule has 1 amide bonds. The van der Waals surface area contributed by atoms with Crippen LogP contribution >= 0.6 is 11.8 Å². The zero-order valence-corrected chi connectivity index (χ0v) is 28.7. The highest BCUT2D eigenvalue weighted by Gasteiger charge is 2.37. The molecule has 1 saturated carbocycles. The van der Waals surface area contributed by atoms with E-state index in [9.17, 15) is 9.59 Å². The molecule has 1 aliphatic carbocycles. The molecule has 4 aliphatic rings. The van der Waals surface area contributed by atoms with E-state index in [0.29, 0.717) is 13.1 Å². The van der Waals surface area contributed by atoms with Crippen LogP contribution in [-0.2, 0) is 11.8 Å². The maximum absolute atomic E-state index is 14.4. The molecule has 5 heterocycles. The van der Waals surface area contributed by atoms with Gasteiger partial charge in [-0.3, -0.25) is 23.8 Å². The van der Waals surface area contributed by atoms with Gasteiger partial charge in [-0.05, 0) is 51.3 Å². The molecule has 0 N–H and O–H groups in total. The first-order valence-electron chi connectivity index (χ1n) is 17.0. The van der Waals surface area contributed by atoms with Crippen LogP contribution in [0.25, 0.3) is 32.9 Å². The average molecular weight is 653 g/mol. The average Bonchev–Trinajstić information content (AvgIpc) is 3.85. The van der Waals surface area contributed by atoms with Crippen molar-refractivity contribution in [3.05, 3.63) is 59.2 Å². The maximum atomic E-state index is 14.4. The standard InChI is InChI=1S/C36H44N8O2S/c1-6-30(45)42-18-24(4)43(19-23(42)3)35-29-16-22(2)31(28-9-7-8-25-17-37-39(5)32(25)28)34-33(29)44(36(46)38-35)27(21-47-34)20-40-12-14-41(15-13-40)26-10-11-26/h6-9,16-17,23-24,26-27H,1,10-15,18-21H2,2-5H3/t23-,24+,27+/m1/s1. The van der Waals surface area contributed by atoms with Gasteiger partial charge in [-0.25, -0.2) is 4.79 Å². The Morgan fingerprint density at radius 2 is 1.87 bits per heavy atom. The number of fused-ring (bicyclic) bond motifs is 1. The molecule has 2 saturated heterocycles. The monoisotopic (exact) mass is 652 g/mol. The van der Waals surface area contributed by atoms with Crippen molar-refractivity contribution in [3.8, 4) is 11.1 Å². The van der Waals surface area contributed by atoms with Gasteiger partial charge in [0.25, 0.3) is 0 Å². The van der Waals surface area contributed by atoms with Crippen LogP contribution in [0.2, 0.25) is 0 Å². The number of carbonyl (C=O) groups excluding carboxylic acids is 1. The van der Waals surface area contributed by atoms with Crippen molar-refractivity contribution in [2.75, 3.05) is 56.5 Å². The van der Waals surface area contributed by atoms with Gasteiger partial charge in [0.15, 0.2) is 0 Å². The molecular weight excluding hydrogens is 609 g/mol. The molecular formula is C36H44N8O2S. The van der Waals surface area contributed by atoms with Crippen LogP contribution in [0, 0.1) is 6.92 Å². The minimum Gasteiger partial charge on any atom is -0.349 e. The number of rotatable bonds is 6. The Morgan fingerprint density at radius 1 is 1.09 bits per heavy atom. The van der Waals surface area contributed by atoms with E-state index in [4.69, 9.17) is 4.98 Å². The molecule has 2 aromatic heterocycles. The lowest BCUT2D eigenvalue weighted by atomic mass is 9.95. The summed E-state index contributed by atoms with van der Waals surface area (Å²) < 4.78 is 3.98. The summed E-state index contributed by atoms with van der Waals surface area (Å²) in [7, 11) is 2.00.